The average molecular weight is 474 g/mol. The van der Waals surface area contributed by atoms with Gasteiger partial charge in [0.2, 0.25) is 5.91 Å². The number of ketones is 1. The quantitative estimate of drug-likeness (QED) is 0.615. The summed E-state index contributed by atoms with van der Waals surface area (Å²) >= 11 is 0. The van der Waals surface area contributed by atoms with Crippen LogP contribution < -0.4 is 15.5 Å². The van der Waals surface area contributed by atoms with Gasteiger partial charge in [-0.25, -0.2) is 0 Å². The maximum atomic E-state index is 14.6. The number of carbonyl (C=O) groups excluding carboxylic acids is 2. The predicted octanol–water partition coefficient (Wildman–Crippen LogP) is 4.09. The Morgan fingerprint density at radius 1 is 1.00 bits per heavy atom. The molecule has 0 saturated heterocycles. The maximum absolute atomic E-state index is 14.6. The third-order valence-corrected chi connectivity index (χ3v) is 7.27. The fraction of sp³-hybridized carbons (Fsp3) is 0.172. The second kappa shape index (κ2) is 8.21. The highest BCUT2D eigenvalue weighted by molar-refractivity contribution is 6.20. The Morgan fingerprint density at radius 2 is 1.78 bits per heavy atom. The number of nitriles is 1. The summed E-state index contributed by atoms with van der Waals surface area (Å²) in [5.74, 6) is -0.292. The molecular weight excluding hydrogens is 450 g/mol. The Kier molecular flexibility index (Phi) is 4.97. The minimum Gasteiger partial charge on any atom is -0.384 e. The van der Waals surface area contributed by atoms with E-state index in [1.54, 1.807) is 28.3 Å². The number of rotatable bonds is 3. The van der Waals surface area contributed by atoms with Gasteiger partial charge in [0.15, 0.2) is 5.78 Å². The van der Waals surface area contributed by atoms with Gasteiger partial charge in [-0.3, -0.25) is 19.5 Å². The van der Waals surface area contributed by atoms with Gasteiger partial charge in [0.25, 0.3) is 0 Å². The molecule has 3 aliphatic rings. The molecule has 1 amide bonds. The van der Waals surface area contributed by atoms with Gasteiger partial charge in [-0.05, 0) is 36.6 Å². The summed E-state index contributed by atoms with van der Waals surface area (Å²) in [6.07, 6.45) is 4.82. The van der Waals surface area contributed by atoms with Crippen molar-refractivity contribution in [1.82, 2.24) is 4.98 Å². The topological polar surface area (TPSA) is 103 Å². The van der Waals surface area contributed by atoms with Gasteiger partial charge in [0.05, 0.1) is 24.0 Å². The second-order valence-corrected chi connectivity index (χ2v) is 9.16. The normalized spacial score (nSPS) is 21.1. The summed E-state index contributed by atoms with van der Waals surface area (Å²) in [6.45, 7) is 0.320. The van der Waals surface area contributed by atoms with Gasteiger partial charge in [-0.2, -0.15) is 5.26 Å². The molecule has 1 aliphatic carbocycles. The molecule has 2 aliphatic heterocycles. The molecule has 0 fully saturated rings. The van der Waals surface area contributed by atoms with Crippen molar-refractivity contribution in [2.75, 3.05) is 9.80 Å². The van der Waals surface area contributed by atoms with Crippen LogP contribution in [-0.4, -0.2) is 16.7 Å². The zero-order chi connectivity index (χ0) is 24.9. The molecule has 7 heteroatoms. The average Bonchev–Trinajstić information content (AvgIpc) is 3.14. The van der Waals surface area contributed by atoms with Gasteiger partial charge in [-0.15, -0.1) is 0 Å². The van der Waals surface area contributed by atoms with E-state index >= 15 is 0 Å². The predicted molar refractivity (Wildman–Crippen MR) is 135 cm³/mol. The Morgan fingerprint density at radius 3 is 2.53 bits per heavy atom. The lowest BCUT2D eigenvalue weighted by molar-refractivity contribution is -0.124. The van der Waals surface area contributed by atoms with Crippen LogP contribution in [0.3, 0.4) is 0 Å². The monoisotopic (exact) mass is 473 g/mol. The van der Waals surface area contributed by atoms with Crippen LogP contribution in [0.4, 0.5) is 11.4 Å². The fourth-order valence-corrected chi connectivity index (χ4v) is 5.83. The summed E-state index contributed by atoms with van der Waals surface area (Å²) in [5, 5.41) is 10.5. The van der Waals surface area contributed by atoms with Crippen LogP contribution in [0.15, 0.2) is 102 Å². The first-order valence-electron chi connectivity index (χ1n) is 11.9. The summed E-state index contributed by atoms with van der Waals surface area (Å²) in [5.41, 5.74) is 9.17. The van der Waals surface area contributed by atoms with E-state index in [0.29, 0.717) is 54.0 Å². The molecule has 1 unspecified atom stereocenters. The molecule has 0 saturated carbocycles. The van der Waals surface area contributed by atoms with E-state index in [0.717, 1.165) is 5.56 Å². The van der Waals surface area contributed by atoms with Gasteiger partial charge in [0, 0.05) is 35.1 Å². The van der Waals surface area contributed by atoms with E-state index in [1.165, 1.54) is 0 Å². The van der Waals surface area contributed by atoms with Crippen LogP contribution >= 0.6 is 0 Å². The molecule has 1 spiro atoms. The fourth-order valence-electron chi connectivity index (χ4n) is 5.83. The van der Waals surface area contributed by atoms with Crippen LogP contribution in [0.25, 0.3) is 0 Å². The van der Waals surface area contributed by atoms with Crippen molar-refractivity contribution in [2.24, 2.45) is 5.73 Å². The molecule has 7 nitrogen and oxygen atoms in total. The van der Waals surface area contributed by atoms with Crippen LogP contribution in [0.1, 0.15) is 30.4 Å². The smallest absolute Gasteiger partial charge is 0.248 e. The van der Waals surface area contributed by atoms with E-state index in [9.17, 15) is 14.9 Å². The van der Waals surface area contributed by atoms with E-state index in [4.69, 9.17) is 5.73 Å². The van der Waals surface area contributed by atoms with E-state index < -0.39 is 5.41 Å². The van der Waals surface area contributed by atoms with Gasteiger partial charge < -0.3 is 10.6 Å². The van der Waals surface area contributed by atoms with Crippen molar-refractivity contribution in [3.63, 3.8) is 0 Å². The number of nitrogens with two attached hydrogens (primary N) is 1. The highest BCUT2D eigenvalue weighted by Gasteiger charge is 2.62. The largest absolute Gasteiger partial charge is 0.384 e. The number of para-hydroxylation sites is 1. The Labute approximate surface area is 208 Å². The number of nitrogens with zero attached hydrogens (tertiary/aromatic N) is 4. The van der Waals surface area contributed by atoms with Crippen molar-refractivity contribution >= 4 is 23.1 Å². The van der Waals surface area contributed by atoms with Crippen LogP contribution in [-0.2, 0) is 21.5 Å². The number of anilines is 2. The molecule has 1 atom stereocenters. The first-order chi connectivity index (χ1) is 17.6. The highest BCUT2D eigenvalue weighted by atomic mass is 16.2. The number of pyridine rings is 1. The number of allylic oxidation sites excluding steroid dienone is 1. The molecule has 176 valence electrons. The Balaban J connectivity index is 1.65. The molecular formula is C29H23N5O2. The Hall–Kier alpha value is -4.70. The molecule has 3 heterocycles. The van der Waals surface area contributed by atoms with Crippen molar-refractivity contribution in [1.29, 1.82) is 5.26 Å². The lowest BCUT2D eigenvalue weighted by Gasteiger charge is -2.43. The third kappa shape index (κ3) is 2.88. The summed E-state index contributed by atoms with van der Waals surface area (Å²) in [7, 11) is 0. The van der Waals surface area contributed by atoms with E-state index in [-0.39, 0.29) is 23.1 Å². The number of carbonyl (C=O) groups is 2. The molecule has 1 aromatic heterocycles. The van der Waals surface area contributed by atoms with Crippen molar-refractivity contribution in [3.8, 4) is 6.07 Å². The van der Waals surface area contributed by atoms with E-state index in [1.807, 2.05) is 60.7 Å². The van der Waals surface area contributed by atoms with Crippen LogP contribution in [0.2, 0.25) is 0 Å². The molecule has 36 heavy (non-hydrogen) atoms. The summed E-state index contributed by atoms with van der Waals surface area (Å²) < 4.78 is 0. The number of hydrogen-bond acceptors (Lipinski definition) is 6. The molecule has 2 N–H and O–H groups in total. The number of amides is 1. The van der Waals surface area contributed by atoms with E-state index in [2.05, 4.69) is 11.1 Å². The van der Waals surface area contributed by atoms with Gasteiger partial charge in [0.1, 0.15) is 17.3 Å². The SMILES string of the molecule is N#CC1=C(N)N(c2cccnc2)C2=C(C(=O)CCC2)C12C(=O)N(Cc1ccccc1)c1ccccc12. The molecule has 2 aromatic carbocycles. The second-order valence-electron chi connectivity index (χ2n) is 9.16. The molecule has 0 bridgehead atoms. The Bertz CT molecular complexity index is 1500. The van der Waals surface area contributed by atoms with Crippen LogP contribution in [0, 0.1) is 11.3 Å². The lowest BCUT2D eigenvalue weighted by atomic mass is 9.64. The zero-order valence-electron chi connectivity index (χ0n) is 19.5. The first-order valence-corrected chi connectivity index (χ1v) is 11.9. The van der Waals surface area contributed by atoms with Crippen molar-refractivity contribution in [3.05, 3.63) is 113 Å². The number of benzene rings is 2. The summed E-state index contributed by atoms with van der Waals surface area (Å²) in [4.78, 5) is 35.9. The first kappa shape index (κ1) is 21.8. The van der Waals surface area contributed by atoms with Gasteiger partial charge >= 0.3 is 0 Å². The molecule has 0 radical (unpaired) electrons. The highest BCUT2D eigenvalue weighted by Crippen LogP contribution is 2.56. The minimum atomic E-state index is -1.57. The maximum Gasteiger partial charge on any atom is 0.248 e. The number of hydrogen-bond donors (Lipinski definition) is 1. The van der Waals surface area contributed by atoms with Gasteiger partial charge in [-0.1, -0.05) is 48.5 Å². The van der Waals surface area contributed by atoms with Crippen LogP contribution in [0.5, 0.6) is 0 Å². The number of Topliss-reactive ketones (excluding diaryl/α,β-unsaturated/α-hetero) is 1. The van der Waals surface area contributed by atoms with Crippen molar-refractivity contribution in [2.45, 2.75) is 31.2 Å². The van der Waals surface area contributed by atoms with Crippen molar-refractivity contribution < 1.29 is 9.59 Å². The lowest BCUT2D eigenvalue weighted by Crippen LogP contribution is -2.52. The third-order valence-electron chi connectivity index (χ3n) is 7.27. The molecule has 6 rings (SSSR count). The zero-order valence-corrected chi connectivity index (χ0v) is 19.5. The number of aromatic nitrogens is 1. The standard InChI is InChI=1S/C29H23N5O2/c30-16-22-27(31)34(20-10-7-15-32-17-20)24-13-6-14-25(35)26(24)29(22)21-11-4-5-12-23(21)33(28(29)36)18-19-8-2-1-3-9-19/h1-5,7-12,15,17H,6,13-14,18,31H2. The minimum absolute atomic E-state index is 0.0772. The number of fused-ring (bicyclic) bond motifs is 3. The molecule has 3 aromatic rings. The summed E-state index contributed by atoms with van der Waals surface area (Å²) in [6, 6.07) is 23.0.